The molecule has 2 heterocycles. The third-order valence-electron chi connectivity index (χ3n) is 5.03. The first-order valence-corrected chi connectivity index (χ1v) is 11.2. The number of thiazole rings is 1. The number of carboxylic acids is 1. The van der Waals surface area contributed by atoms with Crippen molar-refractivity contribution in [1.82, 2.24) is 9.88 Å². The topological polar surface area (TPSA) is 96.5 Å². The molecule has 1 aromatic heterocycles. The summed E-state index contributed by atoms with van der Waals surface area (Å²) in [7, 11) is 0. The zero-order chi connectivity index (χ0) is 20.3. The van der Waals surface area contributed by atoms with Crippen LogP contribution in [0.2, 0.25) is 0 Å². The third-order valence-corrected chi connectivity index (χ3v) is 7.03. The van der Waals surface area contributed by atoms with Crippen molar-refractivity contribution >= 4 is 35.0 Å². The molecule has 1 fully saturated rings. The molecular formula is C20H25N3O3S2. The first-order valence-electron chi connectivity index (χ1n) is 9.34. The molecule has 3 rings (SSSR count). The van der Waals surface area contributed by atoms with E-state index in [9.17, 15) is 9.59 Å². The molecule has 0 spiro atoms. The van der Waals surface area contributed by atoms with E-state index in [1.807, 2.05) is 17.0 Å². The first kappa shape index (κ1) is 20.8. The van der Waals surface area contributed by atoms with Gasteiger partial charge in [0.05, 0.1) is 12.1 Å². The van der Waals surface area contributed by atoms with Crippen molar-refractivity contribution in [2.24, 2.45) is 5.73 Å². The van der Waals surface area contributed by atoms with Crippen LogP contribution in [0.25, 0.3) is 0 Å². The summed E-state index contributed by atoms with van der Waals surface area (Å²) >= 11 is 2.79. The lowest BCUT2D eigenvalue weighted by Gasteiger charge is -2.31. The summed E-state index contributed by atoms with van der Waals surface area (Å²) in [5.41, 5.74) is 9.04. The van der Waals surface area contributed by atoms with E-state index in [0.29, 0.717) is 29.0 Å². The molecule has 1 aliphatic rings. The summed E-state index contributed by atoms with van der Waals surface area (Å²) in [4.78, 5) is 29.4. The van der Waals surface area contributed by atoms with Crippen molar-refractivity contribution in [1.29, 1.82) is 0 Å². The monoisotopic (exact) mass is 419 g/mol. The number of hydrogen-bond donors (Lipinski definition) is 2. The number of likely N-dealkylation sites (tertiary alicyclic amines) is 1. The van der Waals surface area contributed by atoms with E-state index >= 15 is 0 Å². The molecule has 1 saturated heterocycles. The Hall–Kier alpha value is -1.90. The second-order valence-corrected chi connectivity index (χ2v) is 9.35. The van der Waals surface area contributed by atoms with Crippen LogP contribution in [0.5, 0.6) is 0 Å². The third kappa shape index (κ3) is 4.56. The van der Waals surface area contributed by atoms with Gasteiger partial charge in [-0.3, -0.25) is 4.79 Å². The van der Waals surface area contributed by atoms with Crippen LogP contribution in [0.3, 0.4) is 0 Å². The SMILES string of the molecule is CC(C)c1ccccc1C(N)[C@H]1CCC(=O)N1CCSc1nc(C(=O)O)cs1. The fourth-order valence-electron chi connectivity index (χ4n) is 3.62. The summed E-state index contributed by atoms with van der Waals surface area (Å²) < 4.78 is 0.704. The second-order valence-electron chi connectivity index (χ2n) is 7.15. The maximum Gasteiger partial charge on any atom is 0.355 e. The Morgan fingerprint density at radius 2 is 2.11 bits per heavy atom. The number of thioether (sulfide) groups is 1. The average molecular weight is 420 g/mol. The van der Waals surface area contributed by atoms with Gasteiger partial charge in [-0.05, 0) is 23.5 Å². The molecule has 2 aromatic rings. The number of aromatic nitrogens is 1. The minimum Gasteiger partial charge on any atom is -0.476 e. The highest BCUT2D eigenvalue weighted by Crippen LogP contribution is 2.33. The van der Waals surface area contributed by atoms with Crippen LogP contribution in [-0.4, -0.2) is 45.2 Å². The van der Waals surface area contributed by atoms with Crippen LogP contribution in [0, 0.1) is 0 Å². The molecule has 2 atom stereocenters. The Balaban J connectivity index is 1.66. The number of amides is 1. The maximum atomic E-state index is 12.4. The second kappa shape index (κ2) is 9.07. The highest BCUT2D eigenvalue weighted by molar-refractivity contribution is 8.01. The highest BCUT2D eigenvalue weighted by Gasteiger charge is 2.36. The molecule has 3 N–H and O–H groups in total. The van der Waals surface area contributed by atoms with Crippen LogP contribution < -0.4 is 5.73 Å². The number of nitrogens with zero attached hydrogens (tertiary/aromatic N) is 2. The predicted octanol–water partition coefficient (Wildman–Crippen LogP) is 3.75. The summed E-state index contributed by atoms with van der Waals surface area (Å²) in [6.45, 7) is 4.88. The largest absolute Gasteiger partial charge is 0.476 e. The number of carbonyl (C=O) groups is 2. The van der Waals surface area contributed by atoms with Crippen molar-refractivity contribution in [2.45, 2.75) is 49.0 Å². The lowest BCUT2D eigenvalue weighted by molar-refractivity contribution is -0.128. The van der Waals surface area contributed by atoms with Gasteiger partial charge < -0.3 is 15.7 Å². The molecule has 6 nitrogen and oxygen atoms in total. The number of rotatable bonds is 8. The number of benzene rings is 1. The maximum absolute atomic E-state index is 12.4. The van der Waals surface area contributed by atoms with Crippen molar-refractivity contribution in [3.05, 3.63) is 46.5 Å². The quantitative estimate of drug-likeness (QED) is 0.633. The van der Waals surface area contributed by atoms with Crippen LogP contribution in [0.15, 0.2) is 34.0 Å². The molecule has 1 aromatic carbocycles. The van der Waals surface area contributed by atoms with Crippen molar-refractivity contribution in [3.63, 3.8) is 0 Å². The van der Waals surface area contributed by atoms with E-state index in [1.165, 1.54) is 34.0 Å². The predicted molar refractivity (Wildman–Crippen MR) is 112 cm³/mol. The van der Waals surface area contributed by atoms with Crippen LogP contribution in [-0.2, 0) is 4.79 Å². The average Bonchev–Trinajstić information content (AvgIpc) is 3.29. The Labute approximate surface area is 173 Å². The van der Waals surface area contributed by atoms with Gasteiger partial charge in [0, 0.05) is 24.1 Å². The van der Waals surface area contributed by atoms with Crippen LogP contribution >= 0.6 is 23.1 Å². The normalized spacial score (nSPS) is 18.1. The Morgan fingerprint density at radius 1 is 1.39 bits per heavy atom. The number of aromatic carboxylic acids is 1. The summed E-state index contributed by atoms with van der Waals surface area (Å²) in [5, 5.41) is 10.5. The lowest BCUT2D eigenvalue weighted by Crippen LogP contribution is -2.42. The number of carbonyl (C=O) groups excluding carboxylic acids is 1. The molecule has 0 radical (unpaired) electrons. The summed E-state index contributed by atoms with van der Waals surface area (Å²) in [6.07, 6.45) is 1.28. The summed E-state index contributed by atoms with van der Waals surface area (Å²) in [6, 6.07) is 7.98. The van der Waals surface area contributed by atoms with Gasteiger partial charge in [-0.1, -0.05) is 49.9 Å². The van der Waals surface area contributed by atoms with Gasteiger partial charge in [0.15, 0.2) is 10.0 Å². The zero-order valence-electron chi connectivity index (χ0n) is 16.0. The Kier molecular flexibility index (Phi) is 6.74. The van der Waals surface area contributed by atoms with Crippen LogP contribution in [0.4, 0.5) is 0 Å². The summed E-state index contributed by atoms with van der Waals surface area (Å²) in [5.74, 6) is 0.144. The van der Waals surface area contributed by atoms with E-state index in [-0.39, 0.29) is 23.7 Å². The molecular weight excluding hydrogens is 394 g/mol. The molecule has 0 bridgehead atoms. The zero-order valence-corrected chi connectivity index (χ0v) is 17.6. The van der Waals surface area contributed by atoms with Gasteiger partial charge in [-0.25, -0.2) is 9.78 Å². The van der Waals surface area contributed by atoms with Crippen molar-refractivity contribution in [2.75, 3.05) is 12.3 Å². The molecule has 0 aliphatic carbocycles. The fourth-order valence-corrected chi connectivity index (χ4v) is 5.43. The minimum absolute atomic E-state index is 0.0149. The first-order chi connectivity index (χ1) is 13.4. The number of carboxylic acid groups (broad SMARTS) is 1. The van der Waals surface area contributed by atoms with Gasteiger partial charge in [0.2, 0.25) is 5.91 Å². The number of nitrogens with two attached hydrogens (primary N) is 1. The van der Waals surface area contributed by atoms with Gasteiger partial charge in [0.25, 0.3) is 0 Å². The van der Waals surface area contributed by atoms with Gasteiger partial charge >= 0.3 is 5.97 Å². The standard InChI is InChI=1S/C20H25N3O3S2/c1-12(2)13-5-3-4-6-14(13)18(21)16-7-8-17(24)23(16)9-10-27-20-22-15(11-28-20)19(25)26/h3-6,11-12,16,18H,7-10,21H2,1-2H3,(H,25,26)/t16-,18?/m1/s1. The lowest BCUT2D eigenvalue weighted by atomic mass is 9.89. The van der Waals surface area contributed by atoms with E-state index in [4.69, 9.17) is 10.8 Å². The van der Waals surface area contributed by atoms with E-state index in [1.54, 1.807) is 0 Å². The molecule has 0 saturated carbocycles. The molecule has 1 amide bonds. The van der Waals surface area contributed by atoms with E-state index in [0.717, 1.165) is 12.0 Å². The number of hydrogen-bond acceptors (Lipinski definition) is 6. The van der Waals surface area contributed by atoms with Gasteiger partial charge in [-0.2, -0.15) is 0 Å². The Morgan fingerprint density at radius 3 is 2.75 bits per heavy atom. The molecule has 150 valence electrons. The van der Waals surface area contributed by atoms with Gasteiger partial charge in [0.1, 0.15) is 0 Å². The van der Waals surface area contributed by atoms with E-state index < -0.39 is 5.97 Å². The Bertz CT molecular complexity index is 853. The smallest absolute Gasteiger partial charge is 0.355 e. The van der Waals surface area contributed by atoms with Crippen molar-refractivity contribution in [3.8, 4) is 0 Å². The van der Waals surface area contributed by atoms with E-state index in [2.05, 4.69) is 31.0 Å². The molecule has 8 heteroatoms. The molecule has 1 unspecified atom stereocenters. The minimum atomic E-state index is -1.02. The van der Waals surface area contributed by atoms with Crippen molar-refractivity contribution < 1.29 is 14.7 Å². The molecule has 1 aliphatic heterocycles. The van der Waals surface area contributed by atoms with Gasteiger partial charge in [-0.15, -0.1) is 11.3 Å². The van der Waals surface area contributed by atoms with Crippen LogP contribution in [0.1, 0.15) is 60.3 Å². The highest BCUT2D eigenvalue weighted by atomic mass is 32.2. The molecule has 28 heavy (non-hydrogen) atoms. The fraction of sp³-hybridized carbons (Fsp3) is 0.450.